The van der Waals surface area contributed by atoms with E-state index in [1.54, 1.807) is 0 Å². The van der Waals surface area contributed by atoms with Gasteiger partial charge in [-0.05, 0) is 0 Å². The van der Waals surface area contributed by atoms with Gasteiger partial charge in [0.05, 0.1) is 0 Å². The fourth-order valence-electron chi connectivity index (χ4n) is 0.699. The molecule has 0 saturated heterocycles. The Balaban J connectivity index is 6.22. The van der Waals surface area contributed by atoms with Crippen LogP contribution in [0.3, 0.4) is 0 Å². The predicted molar refractivity (Wildman–Crippen MR) is 43.6 cm³/mol. The van der Waals surface area contributed by atoms with Gasteiger partial charge in [-0.25, -0.2) is 16.8 Å². The van der Waals surface area contributed by atoms with E-state index in [9.17, 15) is 42.3 Å². The first-order valence-corrected chi connectivity index (χ1v) is 7.99. The third kappa shape index (κ3) is 3.04. The first-order valence-electron chi connectivity index (χ1n) is 3.04. The van der Waals surface area contributed by atoms with Crippen LogP contribution < -0.4 is 0 Å². The monoisotopic (exact) mass is 308 g/mol. The van der Waals surface area contributed by atoms with Gasteiger partial charge in [0.2, 0.25) is 0 Å². The Bertz CT molecular complexity index is 533. The van der Waals surface area contributed by atoms with Crippen molar-refractivity contribution in [3.05, 3.63) is 0 Å². The van der Waals surface area contributed by atoms with E-state index in [0.717, 1.165) is 0 Å². The molecule has 0 saturated carbocycles. The molecule has 16 heavy (non-hydrogen) atoms. The molecule has 0 aliphatic carbocycles. The molecule has 1 atom stereocenters. The summed E-state index contributed by atoms with van der Waals surface area (Å²) in [7, 11) is -18.5. The smallest absolute Gasteiger partial charge is 0.227 e. The van der Waals surface area contributed by atoms with Crippen LogP contribution in [0.25, 0.3) is 0 Å². The van der Waals surface area contributed by atoms with Gasteiger partial charge in [-0.2, -0.15) is 21.6 Å². The highest BCUT2D eigenvalue weighted by atomic mass is 32.3. The molecule has 0 aromatic heterocycles. The van der Waals surface area contributed by atoms with Crippen molar-refractivity contribution in [2.24, 2.45) is 0 Å². The van der Waals surface area contributed by atoms with E-state index in [1.807, 2.05) is 0 Å². The zero-order valence-corrected chi connectivity index (χ0v) is 9.71. The van der Waals surface area contributed by atoms with Crippen molar-refractivity contribution >= 4 is 29.9 Å². The summed E-state index contributed by atoms with van der Waals surface area (Å²) in [4.78, 5) is 0. The largest absolute Gasteiger partial charge is 0.499 e. The van der Waals surface area contributed by atoms with Crippen LogP contribution >= 0.6 is 0 Å². The van der Waals surface area contributed by atoms with Gasteiger partial charge in [0.1, 0.15) is 0 Å². The lowest BCUT2D eigenvalue weighted by Crippen LogP contribution is -2.42. The van der Waals surface area contributed by atoms with Crippen LogP contribution in [0.4, 0.5) is 17.1 Å². The Morgan fingerprint density at radius 1 is 0.938 bits per heavy atom. The maximum absolute atomic E-state index is 12.3. The Kier molecular flexibility index (Phi) is 3.70. The molecule has 0 aromatic rings. The number of sulfone groups is 2. The van der Waals surface area contributed by atoms with Gasteiger partial charge in [0, 0.05) is 6.26 Å². The lowest BCUT2D eigenvalue weighted by Gasteiger charge is -2.13. The maximum atomic E-state index is 12.3. The first-order chi connectivity index (χ1) is 6.62. The molecule has 0 aliphatic heterocycles. The minimum atomic E-state index is -6.70. The standard InChI is InChI=1S/C3H4F4O6S3/c1-14(8,9)2(16(7,12)13)15(10,11)3(4,5)6/h2H,1H3. The maximum Gasteiger partial charge on any atom is 0.499 e. The molecule has 0 bridgehead atoms. The van der Waals surface area contributed by atoms with Crippen molar-refractivity contribution in [3.8, 4) is 0 Å². The zero-order valence-electron chi connectivity index (χ0n) is 7.26. The van der Waals surface area contributed by atoms with Crippen molar-refractivity contribution in [1.82, 2.24) is 0 Å². The highest BCUT2D eigenvalue weighted by Crippen LogP contribution is 2.32. The lowest BCUT2D eigenvalue weighted by molar-refractivity contribution is -0.0434. The fourth-order valence-corrected chi connectivity index (χ4v) is 6.29. The number of alkyl halides is 3. The average Bonchev–Trinajstić information content (AvgIpc) is 1.72. The van der Waals surface area contributed by atoms with Crippen LogP contribution in [0.15, 0.2) is 0 Å². The van der Waals surface area contributed by atoms with Crippen LogP contribution in [0.2, 0.25) is 0 Å². The molecule has 1 unspecified atom stereocenters. The molecular formula is C3H4F4O6S3. The Morgan fingerprint density at radius 2 is 1.25 bits per heavy atom. The van der Waals surface area contributed by atoms with E-state index in [4.69, 9.17) is 0 Å². The van der Waals surface area contributed by atoms with E-state index in [2.05, 4.69) is 0 Å². The van der Waals surface area contributed by atoms with Gasteiger partial charge in [-0.3, -0.25) is 0 Å². The van der Waals surface area contributed by atoms with Crippen LogP contribution in [0.5, 0.6) is 0 Å². The molecule has 0 aliphatic rings. The molecular weight excluding hydrogens is 304 g/mol. The fraction of sp³-hybridized carbons (Fsp3) is 1.00. The van der Waals surface area contributed by atoms with Crippen molar-refractivity contribution in [3.63, 3.8) is 0 Å². The van der Waals surface area contributed by atoms with Gasteiger partial charge in [0.25, 0.3) is 13.8 Å². The summed E-state index contributed by atoms with van der Waals surface area (Å²) in [6.45, 7) is 0. The van der Waals surface area contributed by atoms with Crippen LogP contribution in [0, 0.1) is 0 Å². The second kappa shape index (κ2) is 3.80. The lowest BCUT2D eigenvalue weighted by atomic mass is 11.6. The molecule has 13 heteroatoms. The molecule has 0 heterocycles. The van der Waals surface area contributed by atoms with E-state index < -0.39 is 39.3 Å². The van der Waals surface area contributed by atoms with E-state index >= 15 is 0 Å². The van der Waals surface area contributed by atoms with E-state index in [-0.39, 0.29) is 6.26 Å². The normalized spacial score (nSPS) is 17.1. The van der Waals surface area contributed by atoms with Gasteiger partial charge < -0.3 is 0 Å². The third-order valence-corrected chi connectivity index (χ3v) is 8.46. The quantitative estimate of drug-likeness (QED) is 0.517. The summed E-state index contributed by atoms with van der Waals surface area (Å²) < 4.78 is 106. The van der Waals surface area contributed by atoms with Gasteiger partial charge in [0.15, 0.2) is 9.84 Å². The highest BCUT2D eigenvalue weighted by Gasteiger charge is 2.60. The van der Waals surface area contributed by atoms with Crippen LogP contribution in [0.1, 0.15) is 0 Å². The molecule has 0 amide bonds. The topological polar surface area (TPSA) is 102 Å². The van der Waals surface area contributed by atoms with Gasteiger partial charge in [-0.1, -0.05) is 0 Å². The van der Waals surface area contributed by atoms with E-state index in [1.165, 1.54) is 0 Å². The zero-order chi connectivity index (χ0) is 13.6. The second-order valence-corrected chi connectivity index (χ2v) is 9.06. The summed E-state index contributed by atoms with van der Waals surface area (Å²) in [6.07, 6.45) is -0.141. The number of hydrogen-bond acceptors (Lipinski definition) is 6. The SMILES string of the molecule is CS(=O)(=O)C(S(=O)(=O)F)S(=O)(=O)C(F)(F)F. The van der Waals surface area contributed by atoms with Gasteiger partial charge >= 0.3 is 15.7 Å². The van der Waals surface area contributed by atoms with Crippen molar-refractivity contribution in [2.75, 3.05) is 6.26 Å². The molecule has 0 spiro atoms. The summed E-state index contributed by atoms with van der Waals surface area (Å²) in [5.74, 6) is 0. The Morgan fingerprint density at radius 3 is 1.31 bits per heavy atom. The van der Waals surface area contributed by atoms with Crippen molar-refractivity contribution in [1.29, 1.82) is 0 Å². The first kappa shape index (κ1) is 15.6. The molecule has 0 fully saturated rings. The average molecular weight is 308 g/mol. The highest BCUT2D eigenvalue weighted by molar-refractivity contribution is 8.22. The van der Waals surface area contributed by atoms with Crippen LogP contribution in [-0.2, 0) is 29.9 Å². The molecule has 0 rings (SSSR count). The summed E-state index contributed by atoms with van der Waals surface area (Å²) in [6, 6.07) is 0. The number of hydrogen-bond donors (Lipinski definition) is 0. The predicted octanol–water partition coefficient (Wildman–Crippen LogP) is -0.451. The summed E-state index contributed by atoms with van der Waals surface area (Å²) in [5.41, 5.74) is -6.19. The number of rotatable bonds is 3. The van der Waals surface area contributed by atoms with Crippen molar-refractivity contribution in [2.45, 2.75) is 9.42 Å². The molecule has 98 valence electrons. The number of halogens is 4. The molecule has 0 N–H and O–H groups in total. The third-order valence-electron chi connectivity index (χ3n) is 1.16. The second-order valence-electron chi connectivity index (χ2n) is 2.58. The Hall–Kier alpha value is -0.430. The van der Waals surface area contributed by atoms with Gasteiger partial charge in [-0.15, -0.1) is 3.89 Å². The van der Waals surface area contributed by atoms with Crippen molar-refractivity contribution < 1.29 is 42.3 Å². The summed E-state index contributed by atoms with van der Waals surface area (Å²) in [5, 5.41) is 0. The molecule has 6 nitrogen and oxygen atoms in total. The molecule has 0 radical (unpaired) electrons. The minimum Gasteiger partial charge on any atom is -0.227 e. The summed E-state index contributed by atoms with van der Waals surface area (Å²) >= 11 is 0. The molecule has 0 aromatic carbocycles. The minimum absolute atomic E-state index is 0.141. The Labute approximate surface area is 88.3 Å². The van der Waals surface area contributed by atoms with Crippen LogP contribution in [-0.4, -0.2) is 40.9 Å². The van der Waals surface area contributed by atoms with E-state index in [0.29, 0.717) is 0 Å².